The number of benzene rings is 1. The Hall–Kier alpha value is -1.00. The van der Waals surface area contributed by atoms with Crippen molar-refractivity contribution in [2.75, 3.05) is 13.7 Å². The quantitative estimate of drug-likeness (QED) is 0.887. The Kier molecular flexibility index (Phi) is 5.28. The van der Waals surface area contributed by atoms with Gasteiger partial charge < -0.3 is 10.1 Å². The molecule has 2 rings (SSSR count). The van der Waals surface area contributed by atoms with Gasteiger partial charge in [-0.15, -0.1) is 0 Å². The van der Waals surface area contributed by atoms with E-state index in [1.807, 2.05) is 0 Å². The third-order valence-corrected chi connectivity index (χ3v) is 3.78. The van der Waals surface area contributed by atoms with Gasteiger partial charge in [0.15, 0.2) is 0 Å². The Morgan fingerprint density at radius 3 is 2.32 bits per heavy atom. The zero-order chi connectivity index (χ0) is 13.7. The Morgan fingerprint density at radius 2 is 1.74 bits per heavy atom. The summed E-state index contributed by atoms with van der Waals surface area (Å²) in [5.41, 5.74) is 0.704. The molecule has 1 fully saturated rings. The highest BCUT2D eigenvalue weighted by atomic mass is 19.1. The van der Waals surface area contributed by atoms with Gasteiger partial charge in [-0.1, -0.05) is 0 Å². The predicted octanol–water partition coefficient (Wildman–Crippen LogP) is 3.05. The van der Waals surface area contributed by atoms with Gasteiger partial charge in [0, 0.05) is 19.2 Å². The van der Waals surface area contributed by atoms with Crippen LogP contribution in [-0.4, -0.2) is 25.8 Å². The lowest BCUT2D eigenvalue weighted by atomic mass is 9.93. The van der Waals surface area contributed by atoms with Crippen LogP contribution < -0.4 is 5.32 Å². The maximum absolute atomic E-state index is 13.0. The molecule has 0 saturated heterocycles. The first-order chi connectivity index (χ1) is 9.17. The summed E-state index contributed by atoms with van der Waals surface area (Å²) in [4.78, 5) is 0. The van der Waals surface area contributed by atoms with Crippen LogP contribution >= 0.6 is 0 Å². The van der Waals surface area contributed by atoms with Crippen molar-refractivity contribution < 1.29 is 13.5 Å². The van der Waals surface area contributed by atoms with Crippen LogP contribution in [0.2, 0.25) is 0 Å². The van der Waals surface area contributed by atoms with Crippen LogP contribution in [0.1, 0.15) is 31.2 Å². The first kappa shape index (κ1) is 14.4. The van der Waals surface area contributed by atoms with Crippen molar-refractivity contribution in [1.29, 1.82) is 0 Å². The molecule has 0 aromatic heterocycles. The van der Waals surface area contributed by atoms with E-state index >= 15 is 0 Å². The van der Waals surface area contributed by atoms with Crippen LogP contribution in [0.15, 0.2) is 18.2 Å². The lowest BCUT2D eigenvalue weighted by Crippen LogP contribution is -2.36. The highest BCUT2D eigenvalue weighted by Gasteiger charge is 2.19. The zero-order valence-corrected chi connectivity index (χ0v) is 11.3. The molecular formula is C15H21F2NO. The normalized spacial score (nSPS) is 23.5. The summed E-state index contributed by atoms with van der Waals surface area (Å²) in [7, 11) is 1.76. The molecule has 0 radical (unpaired) electrons. The Bertz CT molecular complexity index is 383. The molecule has 0 atom stereocenters. The lowest BCUT2D eigenvalue weighted by Gasteiger charge is -2.28. The van der Waals surface area contributed by atoms with Gasteiger partial charge in [-0.25, -0.2) is 8.78 Å². The molecule has 1 N–H and O–H groups in total. The average Bonchev–Trinajstić information content (AvgIpc) is 2.38. The second kappa shape index (κ2) is 6.96. The van der Waals surface area contributed by atoms with Crippen molar-refractivity contribution in [3.8, 4) is 0 Å². The van der Waals surface area contributed by atoms with E-state index in [-0.39, 0.29) is 0 Å². The van der Waals surface area contributed by atoms with Gasteiger partial charge in [0.25, 0.3) is 0 Å². The topological polar surface area (TPSA) is 21.3 Å². The number of hydrogen-bond donors (Lipinski definition) is 1. The number of ether oxygens (including phenoxy) is 1. The summed E-state index contributed by atoms with van der Waals surface area (Å²) in [6.07, 6.45) is 5.44. The van der Waals surface area contributed by atoms with Crippen molar-refractivity contribution in [1.82, 2.24) is 5.32 Å². The lowest BCUT2D eigenvalue weighted by molar-refractivity contribution is 0.0626. The predicted molar refractivity (Wildman–Crippen MR) is 71.1 cm³/mol. The van der Waals surface area contributed by atoms with Gasteiger partial charge in [0.1, 0.15) is 11.6 Å². The fourth-order valence-corrected chi connectivity index (χ4v) is 2.68. The van der Waals surface area contributed by atoms with Crippen LogP contribution in [0.5, 0.6) is 0 Å². The molecule has 0 spiro atoms. The van der Waals surface area contributed by atoms with E-state index in [9.17, 15) is 8.78 Å². The largest absolute Gasteiger partial charge is 0.381 e. The molecular weight excluding hydrogens is 248 g/mol. The van der Waals surface area contributed by atoms with Crippen LogP contribution in [0.25, 0.3) is 0 Å². The van der Waals surface area contributed by atoms with E-state index in [4.69, 9.17) is 4.74 Å². The summed E-state index contributed by atoms with van der Waals surface area (Å²) < 4.78 is 31.4. The fraction of sp³-hybridized carbons (Fsp3) is 0.600. The number of halogens is 2. The summed E-state index contributed by atoms with van der Waals surface area (Å²) >= 11 is 0. The van der Waals surface area contributed by atoms with Gasteiger partial charge in [-0.3, -0.25) is 0 Å². The van der Waals surface area contributed by atoms with Gasteiger partial charge >= 0.3 is 0 Å². The monoisotopic (exact) mass is 269 g/mol. The third kappa shape index (κ3) is 4.55. The third-order valence-electron chi connectivity index (χ3n) is 3.78. The van der Waals surface area contributed by atoms with Gasteiger partial charge in [-0.2, -0.15) is 0 Å². The van der Waals surface area contributed by atoms with Gasteiger partial charge in [-0.05, 0) is 56.3 Å². The van der Waals surface area contributed by atoms with Crippen LogP contribution in [0.4, 0.5) is 8.78 Å². The summed E-state index contributed by atoms with van der Waals surface area (Å²) in [6.45, 7) is 0.755. The van der Waals surface area contributed by atoms with E-state index in [0.29, 0.717) is 24.1 Å². The van der Waals surface area contributed by atoms with Crippen LogP contribution in [-0.2, 0) is 11.2 Å². The molecule has 1 aromatic rings. The van der Waals surface area contributed by atoms with E-state index in [1.54, 1.807) is 7.11 Å². The average molecular weight is 269 g/mol. The van der Waals surface area contributed by atoms with Crippen molar-refractivity contribution in [2.24, 2.45) is 0 Å². The molecule has 2 nitrogen and oxygen atoms in total. The molecule has 1 aliphatic rings. The minimum Gasteiger partial charge on any atom is -0.381 e. The van der Waals surface area contributed by atoms with E-state index < -0.39 is 11.6 Å². The SMILES string of the molecule is COC1CCC(NCCc2cc(F)cc(F)c2)CC1. The summed E-state index contributed by atoms with van der Waals surface area (Å²) in [5, 5.41) is 3.45. The highest BCUT2D eigenvalue weighted by Crippen LogP contribution is 2.20. The Balaban J connectivity index is 1.72. The smallest absolute Gasteiger partial charge is 0.126 e. The minimum atomic E-state index is -0.504. The molecule has 106 valence electrons. The van der Waals surface area contributed by atoms with Crippen LogP contribution in [0.3, 0.4) is 0 Å². The first-order valence-corrected chi connectivity index (χ1v) is 6.88. The highest BCUT2D eigenvalue weighted by molar-refractivity contribution is 5.18. The van der Waals surface area contributed by atoms with Gasteiger partial charge in [0.05, 0.1) is 6.10 Å². The van der Waals surface area contributed by atoms with Crippen molar-refractivity contribution in [3.05, 3.63) is 35.4 Å². The molecule has 1 saturated carbocycles. The molecule has 0 aliphatic heterocycles. The maximum atomic E-state index is 13.0. The first-order valence-electron chi connectivity index (χ1n) is 6.88. The second-order valence-electron chi connectivity index (χ2n) is 5.19. The fourth-order valence-electron chi connectivity index (χ4n) is 2.68. The molecule has 1 aromatic carbocycles. The molecule has 19 heavy (non-hydrogen) atoms. The minimum absolute atomic E-state index is 0.398. The van der Waals surface area contributed by atoms with E-state index in [1.165, 1.54) is 12.1 Å². The standard InChI is InChI=1S/C15H21F2NO/c1-19-15-4-2-14(3-5-15)18-7-6-11-8-12(16)10-13(17)9-11/h8-10,14-15,18H,2-7H2,1H3. The van der Waals surface area contributed by atoms with Crippen molar-refractivity contribution >= 4 is 0 Å². The zero-order valence-electron chi connectivity index (χ0n) is 11.3. The van der Waals surface area contributed by atoms with Crippen molar-refractivity contribution in [2.45, 2.75) is 44.2 Å². The van der Waals surface area contributed by atoms with E-state index in [2.05, 4.69) is 5.32 Å². The number of methoxy groups -OCH3 is 1. The molecule has 0 unspecified atom stereocenters. The number of nitrogens with one attached hydrogen (secondary N) is 1. The summed E-state index contributed by atoms with van der Waals surface area (Å²) in [5.74, 6) is -1.01. The van der Waals surface area contributed by atoms with Gasteiger partial charge in [0.2, 0.25) is 0 Å². The molecule has 1 aliphatic carbocycles. The van der Waals surface area contributed by atoms with Crippen LogP contribution in [0, 0.1) is 11.6 Å². The second-order valence-corrected chi connectivity index (χ2v) is 5.19. The van der Waals surface area contributed by atoms with Crippen molar-refractivity contribution in [3.63, 3.8) is 0 Å². The molecule has 0 bridgehead atoms. The molecule has 4 heteroatoms. The molecule has 0 amide bonds. The number of rotatable bonds is 5. The Morgan fingerprint density at radius 1 is 1.11 bits per heavy atom. The maximum Gasteiger partial charge on any atom is 0.126 e. The summed E-state index contributed by atoms with van der Waals surface area (Å²) in [6, 6.07) is 4.20. The van der Waals surface area contributed by atoms with E-state index in [0.717, 1.165) is 38.3 Å². The molecule has 0 heterocycles. The Labute approximate surface area is 113 Å². The number of hydrogen-bond acceptors (Lipinski definition) is 2.